The first-order valence-corrected chi connectivity index (χ1v) is 6.07. The van der Waals surface area contributed by atoms with Crippen LogP contribution >= 0.6 is 0 Å². The van der Waals surface area contributed by atoms with Crippen molar-refractivity contribution < 1.29 is 4.79 Å². The fourth-order valence-corrected chi connectivity index (χ4v) is 1.91. The predicted octanol–water partition coefficient (Wildman–Crippen LogP) is 0.852. The topological polar surface area (TPSA) is 112 Å². The van der Waals surface area contributed by atoms with Gasteiger partial charge in [-0.2, -0.15) is 0 Å². The summed E-state index contributed by atoms with van der Waals surface area (Å²) in [4.78, 5) is 16.5. The van der Waals surface area contributed by atoms with Gasteiger partial charge in [-0.1, -0.05) is 18.2 Å². The van der Waals surface area contributed by atoms with E-state index in [9.17, 15) is 4.79 Å². The minimum Gasteiger partial charge on any atom is -0.370 e. The van der Waals surface area contributed by atoms with Gasteiger partial charge in [0, 0.05) is 17.4 Å². The van der Waals surface area contributed by atoms with Crippen molar-refractivity contribution in [1.29, 1.82) is 5.41 Å². The molecule has 0 aliphatic heterocycles. The summed E-state index contributed by atoms with van der Waals surface area (Å²) in [7, 11) is 0. The summed E-state index contributed by atoms with van der Waals surface area (Å²) < 4.78 is 0. The molecule has 0 bridgehead atoms. The first-order chi connectivity index (χ1) is 9.13. The summed E-state index contributed by atoms with van der Waals surface area (Å²) in [5.74, 6) is -0.575. The van der Waals surface area contributed by atoms with Crippen LogP contribution in [-0.2, 0) is 0 Å². The van der Waals surface area contributed by atoms with Gasteiger partial charge >= 0.3 is 0 Å². The molecule has 0 aliphatic rings. The Labute approximate surface area is 110 Å². The van der Waals surface area contributed by atoms with E-state index in [4.69, 9.17) is 16.9 Å². The molecule has 1 amide bonds. The van der Waals surface area contributed by atoms with Crippen LogP contribution in [-0.4, -0.2) is 34.8 Å². The highest BCUT2D eigenvalue weighted by atomic mass is 16.2. The Morgan fingerprint density at radius 1 is 1.37 bits per heavy atom. The zero-order valence-electron chi connectivity index (χ0n) is 10.5. The Hall–Kier alpha value is -2.34. The number of nitrogens with one attached hydrogen (secondary N) is 2. The van der Waals surface area contributed by atoms with Crippen molar-refractivity contribution >= 4 is 22.8 Å². The summed E-state index contributed by atoms with van der Waals surface area (Å²) in [6.07, 6.45) is 0.603. The molecule has 0 fully saturated rings. The second-order valence-corrected chi connectivity index (χ2v) is 4.25. The first-order valence-electron chi connectivity index (χ1n) is 6.07. The van der Waals surface area contributed by atoms with Gasteiger partial charge in [0.2, 0.25) is 0 Å². The van der Waals surface area contributed by atoms with Crippen molar-refractivity contribution in [3.8, 4) is 0 Å². The molecule has 0 atom stereocenters. The monoisotopic (exact) mass is 259 g/mol. The number of nitrogens with zero attached hydrogens (tertiary/aromatic N) is 1. The SMILES string of the molecule is N=C(N)N(CCCN)C(=O)c1cc2ccccc2[nH]1. The van der Waals surface area contributed by atoms with Crippen LogP contribution in [0.1, 0.15) is 16.9 Å². The Morgan fingerprint density at radius 2 is 2.11 bits per heavy atom. The molecule has 0 aliphatic carbocycles. The zero-order chi connectivity index (χ0) is 13.8. The van der Waals surface area contributed by atoms with Crippen molar-refractivity contribution in [2.24, 2.45) is 11.5 Å². The van der Waals surface area contributed by atoms with Gasteiger partial charge in [-0.05, 0) is 25.1 Å². The van der Waals surface area contributed by atoms with E-state index < -0.39 is 0 Å². The van der Waals surface area contributed by atoms with E-state index in [1.165, 1.54) is 4.90 Å². The van der Waals surface area contributed by atoms with Gasteiger partial charge in [0.05, 0.1) is 0 Å². The van der Waals surface area contributed by atoms with Crippen LogP contribution in [0.2, 0.25) is 0 Å². The van der Waals surface area contributed by atoms with Crippen molar-refractivity contribution in [2.45, 2.75) is 6.42 Å². The highest BCUT2D eigenvalue weighted by Gasteiger charge is 2.19. The summed E-state index contributed by atoms with van der Waals surface area (Å²) in [5.41, 5.74) is 12.2. The quantitative estimate of drug-likeness (QED) is 0.482. The van der Waals surface area contributed by atoms with E-state index in [1.54, 1.807) is 6.07 Å². The molecule has 6 N–H and O–H groups in total. The Morgan fingerprint density at radius 3 is 2.74 bits per heavy atom. The standard InChI is InChI=1S/C13H17N5O/c14-6-3-7-18(13(15)16)12(19)11-8-9-4-1-2-5-10(9)17-11/h1-2,4-5,8,17H,3,6-7,14H2,(H3,15,16). The number of hydrogen-bond acceptors (Lipinski definition) is 3. The van der Waals surface area contributed by atoms with E-state index in [0.29, 0.717) is 25.2 Å². The Balaban J connectivity index is 2.27. The van der Waals surface area contributed by atoms with Gasteiger partial charge < -0.3 is 16.5 Å². The van der Waals surface area contributed by atoms with Crippen molar-refractivity contribution in [2.75, 3.05) is 13.1 Å². The van der Waals surface area contributed by atoms with Crippen LogP contribution in [0.25, 0.3) is 10.9 Å². The van der Waals surface area contributed by atoms with Crippen molar-refractivity contribution in [3.05, 3.63) is 36.0 Å². The third kappa shape index (κ3) is 2.74. The Bertz CT molecular complexity index is 571. The molecule has 1 aromatic carbocycles. The summed E-state index contributed by atoms with van der Waals surface area (Å²) in [5, 5.41) is 8.42. The van der Waals surface area contributed by atoms with Gasteiger partial charge in [0.1, 0.15) is 5.69 Å². The molecule has 2 rings (SSSR count). The molecule has 6 heteroatoms. The molecule has 1 heterocycles. The molecule has 0 saturated heterocycles. The number of hydrogen-bond donors (Lipinski definition) is 4. The number of para-hydroxylation sites is 1. The van der Waals surface area contributed by atoms with Gasteiger partial charge in [0.25, 0.3) is 5.91 Å². The number of benzene rings is 1. The largest absolute Gasteiger partial charge is 0.370 e. The minimum atomic E-state index is -0.308. The van der Waals surface area contributed by atoms with Gasteiger partial charge in [-0.15, -0.1) is 0 Å². The molecule has 2 aromatic rings. The molecule has 19 heavy (non-hydrogen) atoms. The first kappa shape index (κ1) is 13.1. The lowest BCUT2D eigenvalue weighted by Crippen LogP contribution is -2.42. The maximum atomic E-state index is 12.3. The minimum absolute atomic E-state index is 0.267. The number of amides is 1. The molecule has 1 aromatic heterocycles. The van der Waals surface area contributed by atoms with Crippen LogP contribution < -0.4 is 11.5 Å². The van der Waals surface area contributed by atoms with E-state index >= 15 is 0 Å². The zero-order valence-corrected chi connectivity index (χ0v) is 10.5. The average Bonchev–Trinajstić information content (AvgIpc) is 2.82. The second kappa shape index (κ2) is 5.53. The van der Waals surface area contributed by atoms with Gasteiger partial charge in [0.15, 0.2) is 5.96 Å². The number of fused-ring (bicyclic) bond motifs is 1. The van der Waals surface area contributed by atoms with Crippen molar-refractivity contribution in [1.82, 2.24) is 9.88 Å². The van der Waals surface area contributed by atoms with Gasteiger partial charge in [-0.3, -0.25) is 15.1 Å². The second-order valence-electron chi connectivity index (χ2n) is 4.25. The molecule has 0 saturated carbocycles. The molecule has 0 radical (unpaired) electrons. The molecular formula is C13H17N5O. The lowest BCUT2D eigenvalue weighted by molar-refractivity contribution is 0.0839. The maximum absolute atomic E-state index is 12.3. The number of aromatic amines is 1. The predicted molar refractivity (Wildman–Crippen MR) is 74.9 cm³/mol. The molecule has 6 nitrogen and oxygen atoms in total. The van der Waals surface area contributed by atoms with Crippen LogP contribution in [0, 0.1) is 5.41 Å². The van der Waals surface area contributed by atoms with E-state index in [0.717, 1.165) is 10.9 Å². The molecular weight excluding hydrogens is 242 g/mol. The smallest absolute Gasteiger partial charge is 0.276 e. The maximum Gasteiger partial charge on any atom is 0.276 e. The molecule has 0 spiro atoms. The number of carbonyl (C=O) groups is 1. The third-order valence-electron chi connectivity index (χ3n) is 2.88. The number of guanidine groups is 1. The third-order valence-corrected chi connectivity index (χ3v) is 2.88. The van der Waals surface area contributed by atoms with E-state index in [-0.39, 0.29) is 11.9 Å². The highest BCUT2D eigenvalue weighted by Crippen LogP contribution is 2.16. The number of rotatable bonds is 4. The normalized spacial score (nSPS) is 10.6. The lowest BCUT2D eigenvalue weighted by Gasteiger charge is -2.19. The van der Waals surface area contributed by atoms with E-state index in [2.05, 4.69) is 4.98 Å². The highest BCUT2D eigenvalue weighted by molar-refractivity contribution is 6.05. The fourth-order valence-electron chi connectivity index (χ4n) is 1.91. The van der Waals surface area contributed by atoms with Crippen molar-refractivity contribution in [3.63, 3.8) is 0 Å². The summed E-state index contributed by atoms with van der Waals surface area (Å²) in [6, 6.07) is 9.37. The Kier molecular flexibility index (Phi) is 3.82. The van der Waals surface area contributed by atoms with Crippen LogP contribution in [0.15, 0.2) is 30.3 Å². The summed E-state index contributed by atoms with van der Waals surface area (Å²) >= 11 is 0. The molecule has 0 unspecified atom stereocenters. The average molecular weight is 259 g/mol. The van der Waals surface area contributed by atoms with Gasteiger partial charge in [-0.25, -0.2) is 0 Å². The number of nitrogens with two attached hydrogens (primary N) is 2. The molecule has 100 valence electrons. The fraction of sp³-hybridized carbons (Fsp3) is 0.231. The number of carbonyl (C=O) groups excluding carboxylic acids is 1. The lowest BCUT2D eigenvalue weighted by atomic mass is 10.2. The van der Waals surface area contributed by atoms with Crippen LogP contribution in [0.4, 0.5) is 0 Å². The van der Waals surface area contributed by atoms with E-state index in [1.807, 2.05) is 24.3 Å². The van der Waals surface area contributed by atoms with Crippen LogP contribution in [0.5, 0.6) is 0 Å². The van der Waals surface area contributed by atoms with Crippen LogP contribution in [0.3, 0.4) is 0 Å². The summed E-state index contributed by atoms with van der Waals surface area (Å²) in [6.45, 7) is 0.795. The number of aromatic nitrogens is 1. The number of H-pyrrole nitrogens is 1.